The van der Waals surface area contributed by atoms with Gasteiger partial charge in [-0.2, -0.15) is 0 Å². The lowest BCUT2D eigenvalue weighted by Gasteiger charge is -2.34. The van der Waals surface area contributed by atoms with Crippen LogP contribution in [0, 0.1) is 0 Å². The molecular weight excluding hydrogens is 436 g/mol. The van der Waals surface area contributed by atoms with Crippen molar-refractivity contribution in [2.45, 2.75) is 73.3 Å². The summed E-state index contributed by atoms with van der Waals surface area (Å²) in [6, 6.07) is 14.0. The zero-order valence-electron chi connectivity index (χ0n) is 18.8. The summed E-state index contributed by atoms with van der Waals surface area (Å²) < 4.78 is 16.4. The number of amides is 1. The van der Waals surface area contributed by atoms with Crippen LogP contribution in [0.25, 0.3) is 0 Å². The van der Waals surface area contributed by atoms with Crippen molar-refractivity contribution < 1.29 is 9.00 Å². The zero-order valence-corrected chi connectivity index (χ0v) is 20.4. The quantitative estimate of drug-likeness (QED) is 0.524. The van der Waals surface area contributed by atoms with Crippen molar-refractivity contribution >= 4 is 40.0 Å². The van der Waals surface area contributed by atoms with Gasteiger partial charge in [0, 0.05) is 45.3 Å². The van der Waals surface area contributed by atoms with Crippen LogP contribution in [0.15, 0.2) is 47.4 Å². The Bertz CT molecular complexity index is 1030. The largest absolute Gasteiger partial charge is 0.330 e. The number of hydrogen-bond donors (Lipinski definition) is 1. The fourth-order valence-electron chi connectivity index (χ4n) is 5.89. The molecule has 170 valence electrons. The average molecular weight is 469 g/mol. The van der Waals surface area contributed by atoms with Crippen LogP contribution in [-0.4, -0.2) is 28.2 Å². The molecule has 2 fully saturated rings. The third-order valence-corrected chi connectivity index (χ3v) is 9.75. The molecule has 2 aliphatic carbocycles. The molecule has 0 radical (unpaired) electrons. The highest BCUT2D eigenvalue weighted by Gasteiger charge is 2.45. The van der Waals surface area contributed by atoms with Gasteiger partial charge in [0.25, 0.3) is 5.91 Å². The summed E-state index contributed by atoms with van der Waals surface area (Å²) in [5, 5.41) is 0.237. The fourth-order valence-corrected chi connectivity index (χ4v) is 7.86. The van der Waals surface area contributed by atoms with Gasteiger partial charge in [-0.25, -0.2) is 0 Å². The van der Waals surface area contributed by atoms with E-state index in [1.165, 1.54) is 24.8 Å². The van der Waals surface area contributed by atoms with Crippen molar-refractivity contribution in [3.8, 4) is 0 Å². The molecule has 0 saturated heterocycles. The molecule has 1 N–H and O–H groups in total. The molecule has 1 aliphatic heterocycles. The minimum Gasteiger partial charge on any atom is -0.330 e. The Morgan fingerprint density at radius 2 is 1.84 bits per heavy atom. The second-order valence-electron chi connectivity index (χ2n) is 9.50. The van der Waals surface area contributed by atoms with E-state index in [1.807, 2.05) is 35.4 Å². The van der Waals surface area contributed by atoms with Gasteiger partial charge >= 0.3 is 0 Å². The predicted octanol–water partition coefficient (Wildman–Crippen LogP) is 6.29. The molecule has 1 amide bonds. The number of anilines is 2. The van der Waals surface area contributed by atoms with Crippen LogP contribution >= 0.6 is 11.9 Å². The minimum atomic E-state index is -1.03. The van der Waals surface area contributed by atoms with Crippen LogP contribution in [0.3, 0.4) is 0 Å². The van der Waals surface area contributed by atoms with E-state index in [0.29, 0.717) is 5.56 Å². The van der Waals surface area contributed by atoms with E-state index >= 15 is 0 Å². The summed E-state index contributed by atoms with van der Waals surface area (Å²) in [6.45, 7) is 0.750. The Balaban J connectivity index is 1.47. The molecule has 6 heteroatoms. The van der Waals surface area contributed by atoms with Crippen molar-refractivity contribution in [3.05, 3.63) is 53.6 Å². The first-order chi connectivity index (χ1) is 15.6. The van der Waals surface area contributed by atoms with E-state index in [4.69, 9.17) is 0 Å². The molecule has 0 bridgehead atoms. The number of rotatable bonds is 5. The maximum atomic E-state index is 13.7. The van der Waals surface area contributed by atoms with Crippen molar-refractivity contribution in [2.75, 3.05) is 22.4 Å². The summed E-state index contributed by atoms with van der Waals surface area (Å²) in [5.41, 5.74) is 4.17. The highest BCUT2D eigenvalue weighted by Crippen LogP contribution is 2.50. The second kappa shape index (κ2) is 9.22. The second-order valence-corrected chi connectivity index (χ2v) is 11.8. The Morgan fingerprint density at radius 3 is 2.59 bits per heavy atom. The van der Waals surface area contributed by atoms with Crippen molar-refractivity contribution in [1.82, 2.24) is 0 Å². The van der Waals surface area contributed by atoms with Crippen molar-refractivity contribution in [2.24, 2.45) is 0 Å². The highest BCUT2D eigenvalue weighted by atomic mass is 32.2. The Labute approximate surface area is 198 Å². The first-order valence-electron chi connectivity index (χ1n) is 11.9. The van der Waals surface area contributed by atoms with Gasteiger partial charge in [0.2, 0.25) is 0 Å². The van der Waals surface area contributed by atoms with E-state index in [0.717, 1.165) is 61.3 Å². The van der Waals surface area contributed by atoms with Gasteiger partial charge in [-0.05, 0) is 67.6 Å². The van der Waals surface area contributed by atoms with Gasteiger partial charge in [-0.1, -0.05) is 50.1 Å². The van der Waals surface area contributed by atoms with Gasteiger partial charge < -0.3 is 9.62 Å². The predicted molar refractivity (Wildman–Crippen MR) is 135 cm³/mol. The van der Waals surface area contributed by atoms with Crippen LogP contribution in [0.1, 0.15) is 73.7 Å². The lowest BCUT2D eigenvalue weighted by Crippen LogP contribution is -2.38. The summed E-state index contributed by atoms with van der Waals surface area (Å²) >= 11 is 1.59. The number of benzene rings is 2. The van der Waals surface area contributed by atoms with Gasteiger partial charge in [-0.3, -0.25) is 9.00 Å². The van der Waals surface area contributed by atoms with Crippen LogP contribution < -0.4 is 9.62 Å². The molecule has 1 atom stereocenters. The molecule has 1 heterocycles. The molecule has 4 nitrogen and oxygen atoms in total. The number of hydrogen-bond acceptors (Lipinski definition) is 4. The first-order valence-corrected chi connectivity index (χ1v) is 14.3. The maximum absolute atomic E-state index is 13.7. The fraction of sp³-hybridized carbons (Fsp3) is 0.500. The number of carbonyl (C=O) groups excluding carboxylic acids is 1. The topological polar surface area (TPSA) is 49.4 Å². The van der Waals surface area contributed by atoms with E-state index in [1.54, 1.807) is 11.9 Å². The molecule has 2 saturated carbocycles. The standard InChI is InChI=1S/C26H32N2O2S2/c1-31-27-20-12-13-24-23(17-20)26(14-5-2-6-15-26)18-28(24)25(29)19-8-7-11-22(16-19)32(30)21-9-3-4-10-21/h7-8,11-13,16-17,21,27H,2-6,9-10,14-15,18H2,1H3. The van der Waals surface area contributed by atoms with Gasteiger partial charge in [0.1, 0.15) is 0 Å². The summed E-state index contributed by atoms with van der Waals surface area (Å²) in [5.74, 6) is 0.0320. The summed E-state index contributed by atoms with van der Waals surface area (Å²) in [7, 11) is -1.03. The number of nitrogens with zero attached hydrogens (tertiary/aromatic N) is 1. The van der Waals surface area contributed by atoms with Crippen LogP contribution in [0.5, 0.6) is 0 Å². The zero-order chi connectivity index (χ0) is 22.1. The molecule has 5 rings (SSSR count). The SMILES string of the molecule is CSNc1ccc2c(c1)C1(CCCCC1)CN2C(=O)c1cccc(S(=O)C2CCCC2)c1. The smallest absolute Gasteiger partial charge is 0.258 e. The molecule has 2 aromatic carbocycles. The third kappa shape index (κ3) is 4.01. The van der Waals surface area contributed by atoms with Crippen LogP contribution in [0.4, 0.5) is 11.4 Å². The van der Waals surface area contributed by atoms with Gasteiger partial charge in [0.15, 0.2) is 0 Å². The van der Waals surface area contributed by atoms with Crippen LogP contribution in [0.2, 0.25) is 0 Å². The average Bonchev–Trinajstić information content (AvgIpc) is 3.47. The molecule has 1 unspecified atom stereocenters. The minimum absolute atomic E-state index is 0.0320. The van der Waals surface area contributed by atoms with Crippen molar-refractivity contribution in [1.29, 1.82) is 0 Å². The molecule has 0 aromatic heterocycles. The third-order valence-electron chi connectivity index (χ3n) is 7.51. The van der Waals surface area contributed by atoms with Crippen molar-refractivity contribution in [3.63, 3.8) is 0 Å². The van der Waals surface area contributed by atoms with Crippen LogP contribution in [-0.2, 0) is 16.2 Å². The summed E-state index contributed by atoms with van der Waals surface area (Å²) in [6.07, 6.45) is 12.4. The Morgan fingerprint density at radius 1 is 1.06 bits per heavy atom. The highest BCUT2D eigenvalue weighted by molar-refractivity contribution is 7.99. The Kier molecular flexibility index (Phi) is 6.35. The number of fused-ring (bicyclic) bond motifs is 2. The van der Waals surface area contributed by atoms with E-state index < -0.39 is 10.8 Å². The number of carbonyl (C=O) groups is 1. The maximum Gasteiger partial charge on any atom is 0.258 e. The number of nitrogens with one attached hydrogen (secondary N) is 1. The monoisotopic (exact) mass is 468 g/mol. The molecule has 1 spiro atoms. The van der Waals surface area contributed by atoms with E-state index in [-0.39, 0.29) is 16.6 Å². The normalized spacial score (nSPS) is 21.0. The molecule has 32 heavy (non-hydrogen) atoms. The first kappa shape index (κ1) is 22.0. The summed E-state index contributed by atoms with van der Waals surface area (Å²) in [4.78, 5) is 16.5. The van der Waals surface area contributed by atoms with E-state index in [9.17, 15) is 9.00 Å². The molecule has 3 aliphatic rings. The van der Waals surface area contributed by atoms with Gasteiger partial charge in [-0.15, -0.1) is 0 Å². The molecule has 2 aromatic rings. The van der Waals surface area contributed by atoms with Gasteiger partial charge in [0.05, 0.1) is 10.8 Å². The lowest BCUT2D eigenvalue weighted by atomic mass is 9.70. The Hall–Kier alpha value is -1.79. The molecular formula is C26H32N2O2S2. The lowest BCUT2D eigenvalue weighted by molar-refractivity contribution is 0.0982. The van der Waals surface area contributed by atoms with E-state index in [2.05, 4.69) is 22.9 Å².